The molecule has 2 heterocycles. The maximum absolute atomic E-state index is 9.06. The van der Waals surface area contributed by atoms with Crippen molar-refractivity contribution in [2.75, 3.05) is 5.32 Å². The van der Waals surface area contributed by atoms with Gasteiger partial charge in [-0.2, -0.15) is 0 Å². The third-order valence-electron chi connectivity index (χ3n) is 11.7. The average Bonchev–Trinajstić information content (AvgIpc) is 4.05. The summed E-state index contributed by atoms with van der Waals surface area (Å²) in [5, 5.41) is 3.85. The van der Waals surface area contributed by atoms with Crippen LogP contribution in [0.15, 0.2) is 212 Å². The summed E-state index contributed by atoms with van der Waals surface area (Å²) in [4.78, 5) is 4.95. The highest BCUT2D eigenvalue weighted by Crippen LogP contribution is 2.39. The lowest BCUT2D eigenvalue weighted by atomic mass is 9.85. The minimum atomic E-state index is -0.687. The van der Waals surface area contributed by atoms with Gasteiger partial charge in [-0.15, -0.1) is 0 Å². The molecule has 64 heavy (non-hydrogen) atoms. The number of anilines is 1. The molecule has 10 rings (SSSR count). The Balaban J connectivity index is 1.10. The molecule has 0 bridgehead atoms. The fourth-order valence-electron chi connectivity index (χ4n) is 8.36. The highest BCUT2D eigenvalue weighted by Gasteiger charge is 2.26. The smallest absolute Gasteiger partial charge is 0.269 e. The van der Waals surface area contributed by atoms with E-state index >= 15 is 0 Å². The fraction of sp³-hybridized carbons (Fsp3) is 0.119. The van der Waals surface area contributed by atoms with E-state index in [2.05, 4.69) is 111 Å². The van der Waals surface area contributed by atoms with E-state index in [1.54, 1.807) is 22.8 Å². The molecule has 0 saturated heterocycles. The lowest BCUT2D eigenvalue weighted by Gasteiger charge is -2.30. The first-order valence-electron chi connectivity index (χ1n) is 26.2. The van der Waals surface area contributed by atoms with Crippen LogP contribution in [0.1, 0.15) is 59.5 Å². The molecular weight excluding hydrogens is 779 g/mol. The zero-order chi connectivity index (χ0) is 52.5. The van der Waals surface area contributed by atoms with E-state index in [-0.39, 0.29) is 33.4 Å². The number of para-hydroxylation sites is 4. The Labute approximate surface area is 390 Å². The number of rotatable bonds is 10. The summed E-state index contributed by atoms with van der Waals surface area (Å²) >= 11 is 0. The van der Waals surface area contributed by atoms with E-state index < -0.39 is 66.0 Å². The number of hydrogen-bond donors (Lipinski definition) is 1. The molecule has 0 spiro atoms. The molecule has 0 aliphatic rings. The molecule has 0 atom stereocenters. The van der Waals surface area contributed by atoms with Crippen LogP contribution in [-0.4, -0.2) is 14.1 Å². The quantitative estimate of drug-likeness (QED) is 0.110. The van der Waals surface area contributed by atoms with E-state index in [1.165, 1.54) is 5.56 Å². The zero-order valence-electron chi connectivity index (χ0n) is 46.2. The van der Waals surface area contributed by atoms with Crippen LogP contribution in [0.5, 0.6) is 0 Å². The second-order valence-corrected chi connectivity index (χ2v) is 17.3. The first-order valence-corrected chi connectivity index (χ1v) is 21.2. The van der Waals surface area contributed by atoms with Gasteiger partial charge >= 0.3 is 0 Å². The van der Waals surface area contributed by atoms with E-state index in [9.17, 15) is 0 Å². The van der Waals surface area contributed by atoms with Gasteiger partial charge in [0.1, 0.15) is 5.82 Å². The molecule has 0 aliphatic heterocycles. The Bertz CT molecular complexity index is 3710. The summed E-state index contributed by atoms with van der Waals surface area (Å²) < 4.78 is 93.0. The second kappa shape index (κ2) is 16.5. The fourth-order valence-corrected chi connectivity index (χ4v) is 8.36. The number of nitrogens with zero attached hydrogens (tertiary/aromatic N) is 4. The van der Waals surface area contributed by atoms with Crippen molar-refractivity contribution in [1.82, 2.24) is 14.1 Å². The summed E-state index contributed by atoms with van der Waals surface area (Å²) in [6.45, 7) is 10.9. The van der Waals surface area contributed by atoms with Crippen molar-refractivity contribution in [3.8, 4) is 61.8 Å². The van der Waals surface area contributed by atoms with Crippen LogP contribution >= 0.6 is 0 Å². The summed E-state index contributed by atoms with van der Waals surface area (Å²) in [7, 11) is 0. The van der Waals surface area contributed by atoms with E-state index in [4.69, 9.17) is 18.7 Å². The van der Waals surface area contributed by atoms with Gasteiger partial charge in [-0.05, 0) is 94.6 Å². The predicted octanol–water partition coefficient (Wildman–Crippen LogP) is 14.2. The molecule has 2 aromatic heterocycles. The lowest BCUT2D eigenvalue weighted by molar-refractivity contribution is -0.571. The molecule has 1 N–H and O–H groups in total. The number of imidazole rings is 2. The summed E-state index contributed by atoms with van der Waals surface area (Å²) in [6.07, 6.45) is 7.33. The van der Waals surface area contributed by atoms with Gasteiger partial charge in [0.25, 0.3) is 6.33 Å². The lowest BCUT2D eigenvalue weighted by Crippen LogP contribution is -2.31. The van der Waals surface area contributed by atoms with Gasteiger partial charge in [0.15, 0.2) is 0 Å². The SMILES string of the molecule is [2H]c1c([2H])c([2H])c(-c2cccc(-c3c([2H])c([2H])c([2H])c([2H])c3[2H])c2-[n+]2[c-]n(-c3cccc(C(C)(C)Nc4ccccc4-c4nccn4-c4ccc(C(C)(C)C)cc4-c4ccccc4)c3)c3ccccc32)c([2H])c1[2H]. The molecule has 5 heteroatoms. The van der Waals surface area contributed by atoms with Gasteiger partial charge in [-0.1, -0.05) is 184 Å². The maximum atomic E-state index is 9.06. The van der Waals surface area contributed by atoms with Crippen molar-refractivity contribution < 1.29 is 18.3 Å². The molecule has 8 aromatic carbocycles. The predicted molar refractivity (Wildman–Crippen MR) is 264 cm³/mol. The minimum absolute atomic E-state index is 0.0588. The van der Waals surface area contributed by atoms with Gasteiger partial charge in [-0.3, -0.25) is 13.7 Å². The molecule has 0 aliphatic carbocycles. The van der Waals surface area contributed by atoms with Gasteiger partial charge in [0.2, 0.25) is 0 Å². The molecule has 0 unspecified atom stereocenters. The standard InChI is InChI=1S/C59H51N5/c1-58(2,3)45-35-36-53(51(40-45)44-25-13-8-14-26-44)62-38-37-60-57(62)50-29-15-16-32-52(50)61-59(4,5)46-27-19-28-47(39-46)63-41-64(55-34-18-17-33-54(55)63)56-48(42-21-9-6-10-22-42)30-20-31-49(56)43-23-11-7-12-24-43/h6-40,61H,1-5H3/i6D,7D,9D,10D,11D,12D,21D,22D,23D,24D. The third kappa shape index (κ3) is 7.60. The van der Waals surface area contributed by atoms with Crippen LogP contribution in [0.3, 0.4) is 0 Å². The Hall–Kier alpha value is -7.76. The molecule has 10 aromatic rings. The van der Waals surface area contributed by atoms with Crippen LogP contribution in [0.4, 0.5) is 5.69 Å². The molecule has 312 valence electrons. The van der Waals surface area contributed by atoms with Crippen molar-refractivity contribution in [1.29, 1.82) is 0 Å². The molecule has 0 radical (unpaired) electrons. The van der Waals surface area contributed by atoms with Crippen molar-refractivity contribution in [2.24, 2.45) is 0 Å². The number of aromatic nitrogens is 4. The molecule has 0 amide bonds. The number of hydrogen-bond acceptors (Lipinski definition) is 2. The highest BCUT2D eigenvalue weighted by molar-refractivity contribution is 5.85. The molecule has 0 saturated carbocycles. The normalized spacial score (nSPS) is 14.0. The Morgan fingerprint density at radius 3 is 1.94 bits per heavy atom. The van der Waals surface area contributed by atoms with Crippen LogP contribution in [0, 0.1) is 6.33 Å². The van der Waals surface area contributed by atoms with E-state index in [1.807, 2.05) is 77.6 Å². The van der Waals surface area contributed by atoms with Crippen LogP contribution < -0.4 is 9.88 Å². The minimum Gasteiger partial charge on any atom is -0.376 e. The van der Waals surface area contributed by atoms with Gasteiger partial charge in [0.05, 0.1) is 47.3 Å². The van der Waals surface area contributed by atoms with Gasteiger partial charge < -0.3 is 5.32 Å². The Morgan fingerprint density at radius 1 is 0.578 bits per heavy atom. The van der Waals surface area contributed by atoms with Crippen molar-refractivity contribution in [3.63, 3.8) is 0 Å². The summed E-state index contributed by atoms with van der Waals surface area (Å²) in [5.74, 6) is 0.767. The topological polar surface area (TPSA) is 38.7 Å². The first kappa shape index (κ1) is 30.3. The van der Waals surface area contributed by atoms with Crippen molar-refractivity contribution in [3.05, 3.63) is 230 Å². The van der Waals surface area contributed by atoms with Gasteiger partial charge in [0, 0.05) is 29.2 Å². The van der Waals surface area contributed by atoms with Crippen LogP contribution in [0.25, 0.3) is 72.9 Å². The average molecular weight is 840 g/mol. The largest absolute Gasteiger partial charge is 0.376 e. The Kier molecular flexibility index (Phi) is 7.82. The summed E-state index contributed by atoms with van der Waals surface area (Å²) in [6, 6.07) is 40.4. The summed E-state index contributed by atoms with van der Waals surface area (Å²) in [5.41, 5.74) is 8.66. The number of nitrogens with one attached hydrogen (secondary N) is 1. The molecule has 5 nitrogen and oxygen atoms in total. The van der Waals surface area contributed by atoms with Crippen LogP contribution in [-0.2, 0) is 11.0 Å². The first-order chi connectivity index (χ1) is 35.3. The molecular formula is C59H51N5. The van der Waals surface area contributed by atoms with Crippen molar-refractivity contribution >= 4 is 16.7 Å². The van der Waals surface area contributed by atoms with Gasteiger partial charge in [-0.25, -0.2) is 4.98 Å². The van der Waals surface area contributed by atoms with E-state index in [0.717, 1.165) is 39.5 Å². The highest BCUT2D eigenvalue weighted by atomic mass is 15.1. The van der Waals surface area contributed by atoms with E-state index in [0.29, 0.717) is 16.7 Å². The third-order valence-corrected chi connectivity index (χ3v) is 11.7. The zero-order valence-corrected chi connectivity index (χ0v) is 36.2. The van der Waals surface area contributed by atoms with Crippen LogP contribution in [0.2, 0.25) is 0 Å². The van der Waals surface area contributed by atoms with Crippen molar-refractivity contribution in [2.45, 2.75) is 45.6 Å². The number of benzene rings is 8. The second-order valence-electron chi connectivity index (χ2n) is 17.3. The number of fused-ring (bicyclic) bond motifs is 1. The Morgan fingerprint density at radius 2 is 1.22 bits per heavy atom. The maximum Gasteiger partial charge on any atom is 0.269 e. The molecule has 0 fully saturated rings. The monoisotopic (exact) mass is 839 g/mol.